The highest BCUT2D eigenvalue weighted by molar-refractivity contribution is 7.99. The third kappa shape index (κ3) is 4.95. The first-order chi connectivity index (χ1) is 15.6. The second-order valence-corrected chi connectivity index (χ2v) is 8.45. The number of nitrogens with zero attached hydrogens (tertiary/aromatic N) is 5. The van der Waals surface area contributed by atoms with Gasteiger partial charge in [-0.2, -0.15) is 13.2 Å². The number of carbonyl (C=O) groups excluding carboxylic acids is 2. The Labute approximate surface area is 190 Å². The second kappa shape index (κ2) is 9.00. The van der Waals surface area contributed by atoms with Crippen LogP contribution >= 0.6 is 11.8 Å². The van der Waals surface area contributed by atoms with Gasteiger partial charge >= 0.3 is 6.18 Å². The highest BCUT2D eigenvalue weighted by Crippen LogP contribution is 2.30. The van der Waals surface area contributed by atoms with Crippen molar-refractivity contribution in [3.05, 3.63) is 53.5 Å². The van der Waals surface area contributed by atoms with E-state index >= 15 is 0 Å². The van der Waals surface area contributed by atoms with Gasteiger partial charge in [0.2, 0.25) is 5.91 Å². The molecule has 1 aliphatic heterocycles. The SMILES string of the molecule is CC(=O)c1ccc(N2CCN(C(=O)CSc3nnc4ccc(C(F)(F)F)cn34)CC2)c(F)c1. The van der Waals surface area contributed by atoms with Crippen molar-refractivity contribution in [2.75, 3.05) is 36.8 Å². The van der Waals surface area contributed by atoms with Crippen molar-refractivity contribution in [2.24, 2.45) is 0 Å². The van der Waals surface area contributed by atoms with E-state index in [1.54, 1.807) is 21.9 Å². The summed E-state index contributed by atoms with van der Waals surface area (Å²) in [5, 5.41) is 7.91. The monoisotopic (exact) mass is 481 g/mol. The van der Waals surface area contributed by atoms with Crippen molar-refractivity contribution in [1.82, 2.24) is 19.5 Å². The van der Waals surface area contributed by atoms with Gasteiger partial charge in [-0.1, -0.05) is 11.8 Å². The van der Waals surface area contributed by atoms with Gasteiger partial charge in [0.1, 0.15) is 5.82 Å². The largest absolute Gasteiger partial charge is 0.417 e. The number of hydrogen-bond donors (Lipinski definition) is 0. The number of amides is 1. The Kier molecular flexibility index (Phi) is 6.28. The summed E-state index contributed by atoms with van der Waals surface area (Å²) in [6, 6.07) is 6.49. The summed E-state index contributed by atoms with van der Waals surface area (Å²) in [4.78, 5) is 27.4. The molecule has 0 radical (unpaired) electrons. The summed E-state index contributed by atoms with van der Waals surface area (Å²) in [6.45, 7) is 2.93. The number of ketones is 1. The molecule has 33 heavy (non-hydrogen) atoms. The number of carbonyl (C=O) groups is 2. The third-order valence-corrected chi connectivity index (χ3v) is 6.28. The number of aromatic nitrogens is 3. The number of piperazine rings is 1. The molecule has 0 N–H and O–H groups in total. The molecule has 3 heterocycles. The van der Waals surface area contributed by atoms with E-state index in [1.165, 1.54) is 23.5 Å². The molecule has 0 spiro atoms. The molecule has 12 heteroatoms. The van der Waals surface area contributed by atoms with Crippen LogP contribution in [-0.2, 0) is 11.0 Å². The summed E-state index contributed by atoms with van der Waals surface area (Å²) in [6.07, 6.45) is -3.59. The number of fused-ring (bicyclic) bond motifs is 1. The van der Waals surface area contributed by atoms with Crippen LogP contribution in [0, 0.1) is 5.82 Å². The predicted octanol–water partition coefficient (Wildman–Crippen LogP) is 3.53. The average Bonchev–Trinajstić information content (AvgIpc) is 3.19. The minimum absolute atomic E-state index is 0.0152. The first-order valence-electron chi connectivity index (χ1n) is 10.0. The van der Waals surface area contributed by atoms with Gasteiger partial charge in [0, 0.05) is 37.9 Å². The zero-order chi connectivity index (χ0) is 23.8. The first-order valence-corrected chi connectivity index (χ1v) is 11.0. The zero-order valence-corrected chi connectivity index (χ0v) is 18.3. The molecular weight excluding hydrogens is 462 g/mol. The minimum atomic E-state index is -4.50. The van der Waals surface area contributed by atoms with Gasteiger partial charge in [-0.25, -0.2) is 4.39 Å². The van der Waals surface area contributed by atoms with E-state index in [-0.39, 0.29) is 28.2 Å². The van der Waals surface area contributed by atoms with Crippen molar-refractivity contribution >= 4 is 34.8 Å². The van der Waals surface area contributed by atoms with Crippen molar-refractivity contribution in [2.45, 2.75) is 18.3 Å². The molecular formula is C21H19F4N5O2S. The van der Waals surface area contributed by atoms with Crippen LogP contribution in [0.2, 0.25) is 0 Å². The molecule has 1 fully saturated rings. The maximum absolute atomic E-state index is 14.4. The second-order valence-electron chi connectivity index (χ2n) is 7.51. The Morgan fingerprint density at radius 3 is 2.42 bits per heavy atom. The molecule has 0 unspecified atom stereocenters. The van der Waals surface area contributed by atoms with E-state index in [1.807, 2.05) is 0 Å². The lowest BCUT2D eigenvalue weighted by atomic mass is 10.1. The number of Topliss-reactive ketones (excluding diaryl/α,β-unsaturated/α-hetero) is 1. The summed E-state index contributed by atoms with van der Waals surface area (Å²) in [5.41, 5.74) is 0.0920. The van der Waals surface area contributed by atoms with Crippen molar-refractivity contribution < 1.29 is 27.2 Å². The van der Waals surface area contributed by atoms with E-state index in [2.05, 4.69) is 10.2 Å². The summed E-state index contributed by atoms with van der Waals surface area (Å²) in [5.74, 6) is -0.923. The Morgan fingerprint density at radius 2 is 1.79 bits per heavy atom. The fraction of sp³-hybridized carbons (Fsp3) is 0.333. The molecule has 1 saturated heterocycles. The van der Waals surface area contributed by atoms with Crippen LogP contribution in [0.1, 0.15) is 22.8 Å². The van der Waals surface area contributed by atoms with Gasteiger partial charge in [-0.05, 0) is 37.3 Å². The molecule has 0 saturated carbocycles. The molecule has 7 nitrogen and oxygen atoms in total. The lowest BCUT2D eigenvalue weighted by Crippen LogP contribution is -2.49. The molecule has 0 aliphatic carbocycles. The Hall–Kier alpha value is -3.15. The number of halogens is 4. The van der Waals surface area contributed by atoms with Crippen LogP contribution in [0.25, 0.3) is 5.65 Å². The molecule has 0 atom stereocenters. The molecule has 0 bridgehead atoms. The van der Waals surface area contributed by atoms with Gasteiger partial charge in [0.15, 0.2) is 16.6 Å². The highest BCUT2D eigenvalue weighted by atomic mass is 32.2. The molecule has 3 aromatic rings. The number of benzene rings is 1. The van der Waals surface area contributed by atoms with Gasteiger partial charge < -0.3 is 9.80 Å². The number of pyridine rings is 1. The van der Waals surface area contributed by atoms with Crippen LogP contribution in [0.5, 0.6) is 0 Å². The smallest absolute Gasteiger partial charge is 0.366 e. The maximum Gasteiger partial charge on any atom is 0.417 e. The van der Waals surface area contributed by atoms with Crippen LogP contribution in [-0.4, -0.2) is 63.1 Å². The third-order valence-electron chi connectivity index (χ3n) is 5.35. The van der Waals surface area contributed by atoms with Crippen molar-refractivity contribution in [3.63, 3.8) is 0 Å². The number of hydrogen-bond acceptors (Lipinski definition) is 6. The van der Waals surface area contributed by atoms with Gasteiger partial charge in [0.05, 0.1) is 17.0 Å². The maximum atomic E-state index is 14.4. The Bertz CT molecular complexity index is 1210. The standard InChI is InChI=1S/C21H19F4N5O2S/c1-13(31)14-2-4-17(16(22)10-14)28-6-8-29(9-7-28)19(32)12-33-20-27-26-18-5-3-15(11-30(18)20)21(23,24)25/h2-5,10-11H,6-9,12H2,1H3. The average molecular weight is 481 g/mol. The molecule has 174 valence electrons. The van der Waals surface area contributed by atoms with Crippen molar-refractivity contribution in [3.8, 4) is 0 Å². The van der Waals surface area contributed by atoms with E-state index < -0.39 is 17.6 Å². The number of rotatable bonds is 5. The first kappa shape index (κ1) is 23.0. The molecule has 4 rings (SSSR count). The number of alkyl halides is 3. The molecule has 1 amide bonds. The summed E-state index contributed by atoms with van der Waals surface area (Å²) < 4.78 is 54.6. The number of anilines is 1. The number of thioether (sulfide) groups is 1. The quantitative estimate of drug-likeness (QED) is 0.316. The fourth-order valence-corrected chi connectivity index (χ4v) is 4.35. The van der Waals surface area contributed by atoms with Gasteiger partial charge in [-0.15, -0.1) is 10.2 Å². The summed E-state index contributed by atoms with van der Waals surface area (Å²) in [7, 11) is 0. The van der Waals surface area contributed by atoms with Gasteiger partial charge in [-0.3, -0.25) is 14.0 Å². The lowest BCUT2D eigenvalue weighted by molar-refractivity contribution is -0.138. The molecule has 1 aliphatic rings. The van der Waals surface area contributed by atoms with E-state index in [0.717, 1.165) is 24.0 Å². The zero-order valence-electron chi connectivity index (χ0n) is 17.5. The van der Waals surface area contributed by atoms with Crippen LogP contribution in [0.3, 0.4) is 0 Å². The van der Waals surface area contributed by atoms with E-state index in [9.17, 15) is 27.2 Å². The predicted molar refractivity (Wildman–Crippen MR) is 114 cm³/mol. The summed E-state index contributed by atoms with van der Waals surface area (Å²) >= 11 is 1.01. The molecule has 2 aromatic heterocycles. The van der Waals surface area contributed by atoms with Crippen LogP contribution < -0.4 is 4.90 Å². The fourth-order valence-electron chi connectivity index (χ4n) is 3.53. The van der Waals surface area contributed by atoms with Crippen molar-refractivity contribution in [1.29, 1.82) is 0 Å². The normalized spacial score (nSPS) is 14.7. The lowest BCUT2D eigenvalue weighted by Gasteiger charge is -2.36. The Morgan fingerprint density at radius 1 is 1.06 bits per heavy atom. The topological polar surface area (TPSA) is 70.8 Å². The molecule has 1 aromatic carbocycles. The van der Waals surface area contributed by atoms with Gasteiger partial charge in [0.25, 0.3) is 0 Å². The Balaban J connectivity index is 1.36. The van der Waals surface area contributed by atoms with Crippen LogP contribution in [0.15, 0.2) is 41.7 Å². The van der Waals surface area contributed by atoms with E-state index in [4.69, 9.17) is 0 Å². The minimum Gasteiger partial charge on any atom is -0.366 e. The van der Waals surface area contributed by atoms with E-state index in [0.29, 0.717) is 37.4 Å². The highest BCUT2D eigenvalue weighted by Gasteiger charge is 2.31. The van der Waals surface area contributed by atoms with Crippen LogP contribution in [0.4, 0.5) is 23.2 Å².